The van der Waals surface area contributed by atoms with Crippen molar-refractivity contribution in [3.05, 3.63) is 83.4 Å². The van der Waals surface area contributed by atoms with Gasteiger partial charge in [0.2, 0.25) is 0 Å². The van der Waals surface area contributed by atoms with E-state index in [1.165, 1.54) is 15.9 Å². The molecule has 214 valence electrons. The molecule has 1 fully saturated rings. The van der Waals surface area contributed by atoms with Crippen LogP contribution in [0.1, 0.15) is 54.6 Å². The van der Waals surface area contributed by atoms with Gasteiger partial charge in [0.25, 0.3) is 15.9 Å². The molecular formula is C32H41N3O4S. The minimum atomic E-state index is -3.84. The van der Waals surface area contributed by atoms with Gasteiger partial charge in [-0.05, 0) is 85.8 Å². The van der Waals surface area contributed by atoms with Crippen LogP contribution in [0.4, 0.5) is 11.4 Å². The standard InChI is InChI=1S/C32H41N3O4S/c1-5-7-8-26-10-12-27(13-11-26)33(4)40(37,38)30-18-9-25(3)31(24-30)32(36)35-21-19-34(20-22-35)28-14-16-29(17-15-28)39-23-6-2/h9-18,24H,5-8,19-23H2,1-4H3. The minimum absolute atomic E-state index is 0.114. The Bertz CT molecular complexity index is 1380. The molecular weight excluding hydrogens is 522 g/mol. The van der Waals surface area contributed by atoms with Crippen LogP contribution in [0.15, 0.2) is 71.6 Å². The van der Waals surface area contributed by atoms with Crippen LogP contribution in [0.3, 0.4) is 0 Å². The molecule has 0 saturated carbocycles. The highest BCUT2D eigenvalue weighted by Gasteiger charge is 2.27. The number of nitrogens with zero attached hydrogens (tertiary/aromatic N) is 3. The van der Waals surface area contributed by atoms with E-state index in [0.717, 1.165) is 42.7 Å². The third kappa shape index (κ3) is 6.78. The van der Waals surface area contributed by atoms with E-state index in [9.17, 15) is 13.2 Å². The van der Waals surface area contributed by atoms with Gasteiger partial charge >= 0.3 is 0 Å². The van der Waals surface area contributed by atoms with Crippen molar-refractivity contribution in [1.29, 1.82) is 0 Å². The number of rotatable bonds is 11. The van der Waals surface area contributed by atoms with E-state index >= 15 is 0 Å². The summed E-state index contributed by atoms with van der Waals surface area (Å²) in [6, 6.07) is 20.5. The Morgan fingerprint density at radius 2 is 1.57 bits per heavy atom. The average Bonchev–Trinajstić information content (AvgIpc) is 2.99. The second-order valence-electron chi connectivity index (χ2n) is 10.3. The summed E-state index contributed by atoms with van der Waals surface area (Å²) in [6.07, 6.45) is 4.16. The molecule has 0 unspecified atom stereocenters. The van der Waals surface area contributed by atoms with Gasteiger partial charge in [-0.3, -0.25) is 9.10 Å². The van der Waals surface area contributed by atoms with Crippen molar-refractivity contribution in [3.8, 4) is 5.75 Å². The Kier molecular flexibility index (Phi) is 9.74. The van der Waals surface area contributed by atoms with E-state index in [0.29, 0.717) is 44.0 Å². The molecule has 0 aliphatic carbocycles. The normalized spacial score (nSPS) is 13.8. The third-order valence-corrected chi connectivity index (χ3v) is 9.24. The Morgan fingerprint density at radius 1 is 0.900 bits per heavy atom. The SMILES string of the molecule is CCCCc1ccc(N(C)S(=O)(=O)c2ccc(C)c(C(=O)N3CCN(c4ccc(OCCC)cc4)CC3)c2)cc1. The Labute approximate surface area is 239 Å². The van der Waals surface area contributed by atoms with Crippen LogP contribution in [0.5, 0.6) is 5.75 Å². The van der Waals surface area contributed by atoms with E-state index < -0.39 is 10.0 Å². The predicted octanol–water partition coefficient (Wildman–Crippen LogP) is 5.91. The minimum Gasteiger partial charge on any atom is -0.494 e. The van der Waals surface area contributed by atoms with E-state index in [-0.39, 0.29) is 10.8 Å². The Balaban J connectivity index is 1.44. The van der Waals surface area contributed by atoms with E-state index in [2.05, 4.69) is 30.9 Å². The van der Waals surface area contributed by atoms with Crippen LogP contribution in [0.25, 0.3) is 0 Å². The summed E-state index contributed by atoms with van der Waals surface area (Å²) in [5.74, 6) is 0.722. The number of unbranched alkanes of at least 4 members (excludes halogenated alkanes) is 1. The molecule has 0 atom stereocenters. The van der Waals surface area contributed by atoms with Crippen molar-refractivity contribution < 1.29 is 17.9 Å². The van der Waals surface area contributed by atoms with Crippen molar-refractivity contribution >= 4 is 27.3 Å². The second-order valence-corrected chi connectivity index (χ2v) is 12.3. The molecule has 0 N–H and O–H groups in total. The highest BCUT2D eigenvalue weighted by Crippen LogP contribution is 2.26. The number of amides is 1. The number of hydrogen-bond donors (Lipinski definition) is 0. The molecule has 4 rings (SSSR count). The van der Waals surface area contributed by atoms with Gasteiger partial charge < -0.3 is 14.5 Å². The number of benzene rings is 3. The van der Waals surface area contributed by atoms with Crippen molar-refractivity contribution in [2.75, 3.05) is 49.0 Å². The summed E-state index contributed by atoms with van der Waals surface area (Å²) in [6.45, 7) is 9.31. The van der Waals surface area contributed by atoms with Crippen LogP contribution >= 0.6 is 0 Å². The van der Waals surface area contributed by atoms with Gasteiger partial charge in [0.15, 0.2) is 0 Å². The number of piperazine rings is 1. The highest BCUT2D eigenvalue weighted by atomic mass is 32.2. The fraction of sp³-hybridized carbons (Fsp3) is 0.406. The number of sulfonamides is 1. The zero-order valence-corrected chi connectivity index (χ0v) is 24.9. The number of hydrogen-bond acceptors (Lipinski definition) is 5. The molecule has 0 radical (unpaired) electrons. The fourth-order valence-corrected chi connectivity index (χ4v) is 6.08. The van der Waals surface area contributed by atoms with Crippen molar-refractivity contribution in [2.24, 2.45) is 0 Å². The molecule has 1 saturated heterocycles. The largest absolute Gasteiger partial charge is 0.494 e. The van der Waals surface area contributed by atoms with Gasteiger partial charge in [0, 0.05) is 44.5 Å². The van der Waals surface area contributed by atoms with E-state index in [1.54, 1.807) is 19.2 Å². The molecule has 7 nitrogen and oxygen atoms in total. The Morgan fingerprint density at radius 3 is 2.20 bits per heavy atom. The lowest BCUT2D eigenvalue weighted by Crippen LogP contribution is -2.49. The van der Waals surface area contributed by atoms with Gasteiger partial charge in [-0.25, -0.2) is 8.42 Å². The molecule has 1 heterocycles. The second kappa shape index (κ2) is 13.2. The molecule has 1 aliphatic heterocycles. The van der Waals surface area contributed by atoms with Crippen molar-refractivity contribution in [3.63, 3.8) is 0 Å². The van der Waals surface area contributed by atoms with Gasteiger partial charge in [-0.1, -0.05) is 38.5 Å². The first kappa shape index (κ1) is 29.5. The first-order valence-electron chi connectivity index (χ1n) is 14.2. The maximum Gasteiger partial charge on any atom is 0.264 e. The maximum absolute atomic E-state index is 13.5. The van der Waals surface area contributed by atoms with Crippen LogP contribution in [0.2, 0.25) is 0 Å². The van der Waals surface area contributed by atoms with Crippen LogP contribution in [0, 0.1) is 6.92 Å². The van der Waals surface area contributed by atoms with Crippen LogP contribution in [-0.2, 0) is 16.4 Å². The van der Waals surface area contributed by atoms with E-state index in [1.807, 2.05) is 48.2 Å². The maximum atomic E-state index is 13.5. The first-order chi connectivity index (χ1) is 19.2. The van der Waals surface area contributed by atoms with Crippen LogP contribution < -0.4 is 13.9 Å². The molecule has 3 aromatic carbocycles. The lowest BCUT2D eigenvalue weighted by atomic mass is 10.1. The summed E-state index contributed by atoms with van der Waals surface area (Å²) in [4.78, 5) is 17.7. The topological polar surface area (TPSA) is 70.2 Å². The number of ether oxygens (including phenoxy) is 1. The first-order valence-corrected chi connectivity index (χ1v) is 15.6. The molecule has 1 aliphatic rings. The van der Waals surface area contributed by atoms with Gasteiger partial charge in [0.05, 0.1) is 17.2 Å². The lowest BCUT2D eigenvalue weighted by Gasteiger charge is -2.36. The molecule has 8 heteroatoms. The zero-order valence-electron chi connectivity index (χ0n) is 24.1. The molecule has 0 spiro atoms. The van der Waals surface area contributed by atoms with Crippen molar-refractivity contribution in [2.45, 2.75) is 51.3 Å². The van der Waals surface area contributed by atoms with E-state index in [4.69, 9.17) is 4.74 Å². The highest BCUT2D eigenvalue weighted by molar-refractivity contribution is 7.92. The smallest absolute Gasteiger partial charge is 0.264 e. The van der Waals surface area contributed by atoms with Crippen LogP contribution in [-0.4, -0.2) is 59.1 Å². The molecule has 3 aromatic rings. The lowest BCUT2D eigenvalue weighted by molar-refractivity contribution is 0.0746. The third-order valence-electron chi connectivity index (χ3n) is 7.46. The quantitative estimate of drug-likeness (QED) is 0.290. The summed E-state index contributed by atoms with van der Waals surface area (Å²) in [5.41, 5.74) is 4.07. The van der Waals surface area contributed by atoms with Gasteiger partial charge in [0.1, 0.15) is 5.75 Å². The van der Waals surface area contributed by atoms with Gasteiger partial charge in [-0.2, -0.15) is 0 Å². The predicted molar refractivity (Wildman–Crippen MR) is 162 cm³/mol. The number of aryl methyl sites for hydroxylation is 2. The zero-order chi connectivity index (χ0) is 28.7. The average molecular weight is 564 g/mol. The molecule has 40 heavy (non-hydrogen) atoms. The molecule has 0 aromatic heterocycles. The monoisotopic (exact) mass is 563 g/mol. The molecule has 0 bridgehead atoms. The summed E-state index contributed by atoms with van der Waals surface area (Å²) < 4.78 is 34.0. The number of carbonyl (C=O) groups excluding carboxylic acids is 1. The fourth-order valence-electron chi connectivity index (χ4n) is 4.85. The number of carbonyl (C=O) groups is 1. The summed E-state index contributed by atoms with van der Waals surface area (Å²) >= 11 is 0. The Hall–Kier alpha value is -3.52. The number of anilines is 2. The summed E-state index contributed by atoms with van der Waals surface area (Å²) in [7, 11) is -2.28. The summed E-state index contributed by atoms with van der Waals surface area (Å²) in [5, 5.41) is 0. The van der Waals surface area contributed by atoms with Crippen molar-refractivity contribution in [1.82, 2.24) is 4.90 Å². The molecule has 1 amide bonds. The van der Waals surface area contributed by atoms with Gasteiger partial charge in [-0.15, -0.1) is 0 Å².